The maximum atomic E-state index is 12.6. The first kappa shape index (κ1) is 21.1. The number of fused-ring (bicyclic) bond motifs is 1. The van der Waals surface area contributed by atoms with Crippen molar-refractivity contribution in [2.75, 3.05) is 36.9 Å². The maximum absolute atomic E-state index is 12.6. The first-order chi connectivity index (χ1) is 11.0. The van der Waals surface area contributed by atoms with Crippen LogP contribution in [-0.2, 0) is 9.59 Å². The fourth-order valence-corrected chi connectivity index (χ4v) is 3.03. The predicted molar refractivity (Wildman–Crippen MR) is 99.1 cm³/mol. The number of nitrogens with one attached hydrogen (secondary N) is 1. The van der Waals surface area contributed by atoms with E-state index in [1.165, 1.54) is 0 Å². The topological polar surface area (TPSA) is 90.0 Å². The average Bonchev–Trinajstić information content (AvgIpc) is 2.97. The smallest absolute Gasteiger partial charge is 0.308 e. The molecule has 25 heavy (non-hydrogen) atoms. The molecule has 1 fully saturated rings. The lowest BCUT2D eigenvalue weighted by atomic mass is 10.1. The lowest BCUT2D eigenvalue weighted by Gasteiger charge is -2.20. The molecule has 0 aliphatic carbocycles. The van der Waals surface area contributed by atoms with Gasteiger partial charge < -0.3 is 20.2 Å². The second kappa shape index (κ2) is 8.40. The number of likely N-dealkylation sites (tertiary alicyclic amines) is 1. The van der Waals surface area contributed by atoms with Crippen molar-refractivity contribution >= 4 is 54.0 Å². The van der Waals surface area contributed by atoms with Crippen molar-refractivity contribution in [3.8, 4) is 0 Å². The van der Waals surface area contributed by atoms with E-state index in [0.29, 0.717) is 37.2 Å². The van der Waals surface area contributed by atoms with Crippen molar-refractivity contribution in [2.24, 2.45) is 5.92 Å². The monoisotopic (exact) mass is 389 g/mol. The van der Waals surface area contributed by atoms with Crippen LogP contribution in [0.2, 0.25) is 0 Å². The number of benzene rings is 1. The fourth-order valence-electron chi connectivity index (χ4n) is 3.03. The second-order valence-electron chi connectivity index (χ2n) is 6.03. The van der Waals surface area contributed by atoms with Crippen LogP contribution in [0.5, 0.6) is 0 Å². The Morgan fingerprint density at radius 2 is 1.96 bits per heavy atom. The third kappa shape index (κ3) is 4.35. The summed E-state index contributed by atoms with van der Waals surface area (Å²) in [6.45, 7) is 1.30. The standard InChI is InChI=1S/C16H19N3O4.2ClH/c1-18-6-5-14(20)17-12-8-10(2-3-13(12)18)15(21)19-7-4-11(9-19)16(22)23;;/h2-3,8,11H,4-7,9H2,1H3,(H,17,20)(H,22,23);2*1H. The molecule has 138 valence electrons. The number of aliphatic carboxylic acids is 1. The summed E-state index contributed by atoms with van der Waals surface area (Å²) >= 11 is 0. The van der Waals surface area contributed by atoms with Crippen molar-refractivity contribution in [1.29, 1.82) is 0 Å². The zero-order chi connectivity index (χ0) is 16.6. The van der Waals surface area contributed by atoms with E-state index in [-0.39, 0.29) is 43.2 Å². The summed E-state index contributed by atoms with van der Waals surface area (Å²) < 4.78 is 0. The zero-order valence-electron chi connectivity index (χ0n) is 13.7. The number of carbonyl (C=O) groups is 3. The Morgan fingerprint density at radius 3 is 2.60 bits per heavy atom. The lowest BCUT2D eigenvalue weighted by Crippen LogP contribution is -2.30. The van der Waals surface area contributed by atoms with Crippen molar-refractivity contribution < 1.29 is 19.5 Å². The van der Waals surface area contributed by atoms with Crippen LogP contribution in [0.25, 0.3) is 0 Å². The van der Waals surface area contributed by atoms with Gasteiger partial charge in [0.05, 0.1) is 17.3 Å². The number of anilines is 2. The van der Waals surface area contributed by atoms with Gasteiger partial charge in [-0.25, -0.2) is 0 Å². The molecule has 1 aromatic carbocycles. The quantitative estimate of drug-likeness (QED) is 0.805. The summed E-state index contributed by atoms with van der Waals surface area (Å²) in [5.41, 5.74) is 1.96. The highest BCUT2D eigenvalue weighted by Gasteiger charge is 2.31. The van der Waals surface area contributed by atoms with Gasteiger partial charge in [0.25, 0.3) is 5.91 Å². The third-order valence-electron chi connectivity index (χ3n) is 4.43. The molecule has 2 amide bonds. The predicted octanol–water partition coefficient (Wildman–Crippen LogP) is 1.86. The van der Waals surface area contributed by atoms with Gasteiger partial charge in [-0.05, 0) is 24.6 Å². The van der Waals surface area contributed by atoms with Gasteiger partial charge in [0.2, 0.25) is 5.91 Å². The molecule has 2 N–H and O–H groups in total. The van der Waals surface area contributed by atoms with Crippen molar-refractivity contribution in [3.63, 3.8) is 0 Å². The van der Waals surface area contributed by atoms with Gasteiger partial charge in [-0.3, -0.25) is 14.4 Å². The van der Waals surface area contributed by atoms with Gasteiger partial charge in [0, 0.05) is 38.7 Å². The van der Waals surface area contributed by atoms with Gasteiger partial charge in [-0.15, -0.1) is 24.8 Å². The molecule has 0 spiro atoms. The number of halogens is 2. The van der Waals surface area contributed by atoms with Crippen LogP contribution < -0.4 is 10.2 Å². The van der Waals surface area contributed by atoms with Crippen LogP contribution in [0.15, 0.2) is 18.2 Å². The largest absolute Gasteiger partial charge is 0.481 e. The highest BCUT2D eigenvalue weighted by Crippen LogP contribution is 2.30. The van der Waals surface area contributed by atoms with E-state index in [9.17, 15) is 14.4 Å². The van der Waals surface area contributed by atoms with E-state index in [2.05, 4.69) is 5.32 Å². The normalized spacial score (nSPS) is 19.1. The van der Waals surface area contributed by atoms with Crippen LogP contribution >= 0.6 is 24.8 Å². The SMILES string of the molecule is CN1CCC(=O)Nc2cc(C(=O)N3CCC(C(=O)O)C3)ccc21.Cl.Cl. The molecule has 2 aliphatic rings. The summed E-state index contributed by atoms with van der Waals surface area (Å²) in [5, 5.41) is 11.9. The van der Waals surface area contributed by atoms with Crippen LogP contribution in [-0.4, -0.2) is 54.5 Å². The molecule has 1 saturated heterocycles. The number of hydrogen-bond acceptors (Lipinski definition) is 4. The minimum absolute atomic E-state index is 0. The van der Waals surface area contributed by atoms with Gasteiger partial charge in [-0.1, -0.05) is 0 Å². The molecule has 1 atom stereocenters. The molecule has 0 bridgehead atoms. The van der Waals surface area contributed by atoms with Crippen LogP contribution in [0.4, 0.5) is 11.4 Å². The van der Waals surface area contributed by atoms with E-state index in [0.717, 1.165) is 5.69 Å². The average molecular weight is 390 g/mol. The number of hydrogen-bond donors (Lipinski definition) is 2. The second-order valence-corrected chi connectivity index (χ2v) is 6.03. The van der Waals surface area contributed by atoms with E-state index in [4.69, 9.17) is 5.11 Å². The van der Waals surface area contributed by atoms with E-state index >= 15 is 0 Å². The van der Waals surface area contributed by atoms with Crippen molar-refractivity contribution in [2.45, 2.75) is 12.8 Å². The molecule has 1 aromatic rings. The summed E-state index contributed by atoms with van der Waals surface area (Å²) in [6, 6.07) is 5.22. The van der Waals surface area contributed by atoms with Crippen molar-refractivity contribution in [3.05, 3.63) is 23.8 Å². The maximum Gasteiger partial charge on any atom is 0.308 e. The fraction of sp³-hybridized carbons (Fsp3) is 0.438. The highest BCUT2D eigenvalue weighted by molar-refractivity contribution is 6.01. The van der Waals surface area contributed by atoms with Gasteiger partial charge in [0.15, 0.2) is 0 Å². The molecular formula is C16H21Cl2N3O4. The molecule has 3 rings (SSSR count). The molecule has 9 heteroatoms. The van der Waals surface area contributed by atoms with E-state index in [1.54, 1.807) is 17.0 Å². The van der Waals surface area contributed by atoms with Crippen molar-refractivity contribution in [1.82, 2.24) is 4.90 Å². The molecule has 1 unspecified atom stereocenters. The Bertz CT molecular complexity index is 683. The molecule has 7 nitrogen and oxygen atoms in total. The number of carboxylic acid groups (broad SMARTS) is 1. The van der Waals surface area contributed by atoms with Gasteiger partial charge in [0.1, 0.15) is 0 Å². The molecule has 0 saturated carbocycles. The van der Waals surface area contributed by atoms with Crippen LogP contribution in [0.3, 0.4) is 0 Å². The number of carboxylic acids is 1. The van der Waals surface area contributed by atoms with Crippen LogP contribution in [0, 0.1) is 5.92 Å². The Balaban J connectivity index is 0.00000156. The summed E-state index contributed by atoms with van der Waals surface area (Å²) in [6.07, 6.45) is 0.881. The Labute approximate surface area is 158 Å². The number of nitrogens with zero attached hydrogens (tertiary/aromatic N) is 2. The first-order valence-corrected chi connectivity index (χ1v) is 7.63. The molecular weight excluding hydrogens is 369 g/mol. The highest BCUT2D eigenvalue weighted by atomic mass is 35.5. The summed E-state index contributed by atoms with van der Waals surface area (Å²) in [4.78, 5) is 38.9. The molecule has 2 aliphatic heterocycles. The Hall–Kier alpha value is -1.99. The first-order valence-electron chi connectivity index (χ1n) is 7.63. The molecule has 0 radical (unpaired) electrons. The van der Waals surface area contributed by atoms with Gasteiger partial charge >= 0.3 is 5.97 Å². The zero-order valence-corrected chi connectivity index (χ0v) is 15.4. The number of rotatable bonds is 2. The summed E-state index contributed by atoms with van der Waals surface area (Å²) in [7, 11) is 1.90. The Kier molecular flexibility index (Phi) is 7.07. The number of amides is 2. The number of carbonyl (C=O) groups excluding carboxylic acids is 2. The minimum Gasteiger partial charge on any atom is -0.481 e. The molecule has 0 aromatic heterocycles. The van der Waals surface area contributed by atoms with Crippen LogP contribution in [0.1, 0.15) is 23.2 Å². The molecule has 2 heterocycles. The Morgan fingerprint density at radius 1 is 1.24 bits per heavy atom. The third-order valence-corrected chi connectivity index (χ3v) is 4.43. The summed E-state index contributed by atoms with van der Waals surface area (Å²) in [5.74, 6) is -1.63. The van der Waals surface area contributed by atoms with E-state index in [1.807, 2.05) is 18.0 Å². The van der Waals surface area contributed by atoms with Gasteiger partial charge in [-0.2, -0.15) is 0 Å². The minimum atomic E-state index is -0.865. The van der Waals surface area contributed by atoms with E-state index < -0.39 is 11.9 Å². The lowest BCUT2D eigenvalue weighted by molar-refractivity contribution is -0.141.